The third-order valence-corrected chi connectivity index (χ3v) is 2.56. The van der Waals surface area contributed by atoms with Crippen molar-refractivity contribution in [3.8, 4) is 0 Å². The Morgan fingerprint density at radius 1 is 1.25 bits per heavy atom. The van der Waals surface area contributed by atoms with Gasteiger partial charge in [-0.2, -0.15) is 0 Å². The maximum Gasteiger partial charge on any atom is 0.0761 e. The summed E-state index contributed by atoms with van der Waals surface area (Å²) in [4.78, 5) is 8.79. The SMILES string of the molecule is CCCNC(c1cnc(C)cn1)C(C)(C)C. The zero-order chi connectivity index (χ0) is 12.2. The highest BCUT2D eigenvalue weighted by atomic mass is 15.0. The van der Waals surface area contributed by atoms with Gasteiger partial charge in [0.2, 0.25) is 0 Å². The molecular weight excluding hydrogens is 198 g/mol. The summed E-state index contributed by atoms with van der Waals surface area (Å²) in [7, 11) is 0. The molecule has 0 aliphatic rings. The Morgan fingerprint density at radius 3 is 2.38 bits per heavy atom. The molecule has 0 saturated carbocycles. The minimum absolute atomic E-state index is 0.152. The standard InChI is InChI=1S/C13H23N3/c1-6-7-14-12(13(3,4)5)11-9-15-10(2)8-16-11/h8-9,12,14H,6-7H2,1-5H3. The smallest absolute Gasteiger partial charge is 0.0761 e. The molecule has 1 rings (SSSR count). The summed E-state index contributed by atoms with van der Waals surface area (Å²) in [5, 5.41) is 3.54. The van der Waals surface area contributed by atoms with Gasteiger partial charge in [-0.05, 0) is 25.3 Å². The molecule has 90 valence electrons. The van der Waals surface area contributed by atoms with Gasteiger partial charge in [-0.25, -0.2) is 0 Å². The molecule has 1 atom stereocenters. The van der Waals surface area contributed by atoms with E-state index in [1.54, 1.807) is 0 Å². The number of rotatable bonds is 4. The molecule has 0 spiro atoms. The quantitative estimate of drug-likeness (QED) is 0.849. The summed E-state index contributed by atoms with van der Waals surface area (Å²) in [6.07, 6.45) is 4.85. The predicted molar refractivity (Wildman–Crippen MR) is 67.3 cm³/mol. The first-order valence-corrected chi connectivity index (χ1v) is 5.97. The van der Waals surface area contributed by atoms with Crippen LogP contribution < -0.4 is 5.32 Å². The molecule has 1 aromatic heterocycles. The van der Waals surface area contributed by atoms with Crippen molar-refractivity contribution in [3.05, 3.63) is 23.8 Å². The molecule has 0 aromatic carbocycles. The highest BCUT2D eigenvalue weighted by Gasteiger charge is 2.26. The first-order valence-electron chi connectivity index (χ1n) is 5.97. The first kappa shape index (κ1) is 13.1. The molecule has 1 N–H and O–H groups in total. The van der Waals surface area contributed by atoms with Crippen molar-refractivity contribution in [2.75, 3.05) is 6.54 Å². The second kappa shape index (κ2) is 5.39. The van der Waals surface area contributed by atoms with Gasteiger partial charge in [0.15, 0.2) is 0 Å². The van der Waals surface area contributed by atoms with Crippen LogP contribution in [-0.2, 0) is 0 Å². The molecular formula is C13H23N3. The van der Waals surface area contributed by atoms with Gasteiger partial charge in [-0.3, -0.25) is 9.97 Å². The van der Waals surface area contributed by atoms with E-state index in [0.717, 1.165) is 24.4 Å². The number of nitrogens with zero attached hydrogens (tertiary/aromatic N) is 2. The van der Waals surface area contributed by atoms with Crippen molar-refractivity contribution < 1.29 is 0 Å². The van der Waals surface area contributed by atoms with Crippen molar-refractivity contribution in [3.63, 3.8) is 0 Å². The summed E-state index contributed by atoms with van der Waals surface area (Å²) < 4.78 is 0. The van der Waals surface area contributed by atoms with Crippen LogP contribution in [0.1, 0.15) is 51.5 Å². The number of aryl methyl sites for hydroxylation is 1. The lowest BCUT2D eigenvalue weighted by atomic mass is 9.85. The Bertz CT molecular complexity index is 311. The van der Waals surface area contributed by atoms with Crippen LogP contribution >= 0.6 is 0 Å². The average Bonchev–Trinajstić information content (AvgIpc) is 2.19. The minimum atomic E-state index is 0.152. The first-order chi connectivity index (χ1) is 7.45. The second-order valence-electron chi connectivity index (χ2n) is 5.34. The van der Waals surface area contributed by atoms with Crippen LogP contribution in [0.25, 0.3) is 0 Å². The molecule has 16 heavy (non-hydrogen) atoms. The Morgan fingerprint density at radius 2 is 1.94 bits per heavy atom. The fourth-order valence-corrected chi connectivity index (χ4v) is 1.69. The van der Waals surface area contributed by atoms with E-state index in [-0.39, 0.29) is 11.5 Å². The molecule has 0 saturated heterocycles. The topological polar surface area (TPSA) is 37.8 Å². The highest BCUT2D eigenvalue weighted by molar-refractivity contribution is 5.08. The van der Waals surface area contributed by atoms with Crippen LogP contribution in [-0.4, -0.2) is 16.5 Å². The lowest BCUT2D eigenvalue weighted by Gasteiger charge is -2.31. The molecule has 1 unspecified atom stereocenters. The lowest BCUT2D eigenvalue weighted by molar-refractivity contribution is 0.267. The van der Waals surface area contributed by atoms with E-state index in [0.29, 0.717) is 0 Å². The number of hydrogen-bond donors (Lipinski definition) is 1. The van der Waals surface area contributed by atoms with Gasteiger partial charge in [0.1, 0.15) is 0 Å². The number of aromatic nitrogens is 2. The molecule has 0 aliphatic carbocycles. The minimum Gasteiger partial charge on any atom is -0.308 e. The van der Waals surface area contributed by atoms with Gasteiger partial charge < -0.3 is 5.32 Å². The summed E-state index contributed by atoms with van der Waals surface area (Å²) >= 11 is 0. The molecule has 0 aliphatic heterocycles. The Balaban J connectivity index is 2.88. The summed E-state index contributed by atoms with van der Waals surface area (Å²) in [5.41, 5.74) is 2.15. The van der Waals surface area contributed by atoms with Crippen molar-refractivity contribution in [2.45, 2.75) is 47.1 Å². The van der Waals surface area contributed by atoms with Crippen molar-refractivity contribution in [1.29, 1.82) is 0 Å². The van der Waals surface area contributed by atoms with Crippen molar-refractivity contribution in [2.24, 2.45) is 5.41 Å². The van der Waals surface area contributed by atoms with Gasteiger partial charge in [0, 0.05) is 6.20 Å². The van der Waals surface area contributed by atoms with E-state index in [4.69, 9.17) is 0 Å². The Kier molecular flexibility index (Phi) is 4.42. The van der Waals surface area contributed by atoms with Crippen LogP contribution in [0.5, 0.6) is 0 Å². The normalized spacial score (nSPS) is 13.8. The van der Waals surface area contributed by atoms with Crippen LogP contribution in [0.2, 0.25) is 0 Å². The zero-order valence-electron chi connectivity index (χ0n) is 11.0. The second-order valence-corrected chi connectivity index (χ2v) is 5.34. The van der Waals surface area contributed by atoms with E-state index in [1.165, 1.54) is 0 Å². The van der Waals surface area contributed by atoms with Crippen molar-refractivity contribution in [1.82, 2.24) is 15.3 Å². The third kappa shape index (κ3) is 3.56. The largest absolute Gasteiger partial charge is 0.308 e. The van der Waals surface area contributed by atoms with Crippen LogP contribution in [0.3, 0.4) is 0 Å². The van der Waals surface area contributed by atoms with Crippen LogP contribution in [0.15, 0.2) is 12.4 Å². The summed E-state index contributed by atoms with van der Waals surface area (Å²) in [6, 6.07) is 0.264. The van der Waals surface area contributed by atoms with Crippen molar-refractivity contribution >= 4 is 0 Å². The third-order valence-electron chi connectivity index (χ3n) is 2.56. The molecule has 3 heteroatoms. The molecule has 0 amide bonds. The van der Waals surface area contributed by atoms with E-state index >= 15 is 0 Å². The molecule has 0 bridgehead atoms. The van der Waals surface area contributed by atoms with E-state index in [9.17, 15) is 0 Å². The van der Waals surface area contributed by atoms with Crippen LogP contribution in [0.4, 0.5) is 0 Å². The Labute approximate surface area is 98.7 Å². The summed E-state index contributed by atoms with van der Waals surface area (Å²) in [5.74, 6) is 0. The van der Waals surface area contributed by atoms with Gasteiger partial charge >= 0.3 is 0 Å². The van der Waals surface area contributed by atoms with Gasteiger partial charge in [0.05, 0.1) is 23.6 Å². The molecule has 3 nitrogen and oxygen atoms in total. The maximum absolute atomic E-state index is 4.47. The van der Waals surface area contributed by atoms with E-state index in [1.807, 2.05) is 19.3 Å². The maximum atomic E-state index is 4.47. The number of hydrogen-bond acceptors (Lipinski definition) is 3. The lowest BCUT2D eigenvalue weighted by Crippen LogP contribution is -2.33. The van der Waals surface area contributed by atoms with Gasteiger partial charge in [-0.1, -0.05) is 27.7 Å². The van der Waals surface area contributed by atoms with Crippen LogP contribution in [0, 0.1) is 12.3 Å². The fourth-order valence-electron chi connectivity index (χ4n) is 1.69. The number of nitrogens with one attached hydrogen (secondary N) is 1. The summed E-state index contributed by atoms with van der Waals surface area (Å²) in [6.45, 7) is 11.8. The Hall–Kier alpha value is -0.960. The molecule has 0 radical (unpaired) electrons. The molecule has 1 aromatic rings. The highest BCUT2D eigenvalue weighted by Crippen LogP contribution is 2.31. The molecule has 0 fully saturated rings. The average molecular weight is 221 g/mol. The predicted octanol–water partition coefficient (Wildman–Crippen LogP) is 2.87. The zero-order valence-corrected chi connectivity index (χ0v) is 11.0. The van der Waals surface area contributed by atoms with E-state index < -0.39 is 0 Å². The monoisotopic (exact) mass is 221 g/mol. The van der Waals surface area contributed by atoms with Gasteiger partial charge in [0.25, 0.3) is 0 Å². The van der Waals surface area contributed by atoms with Gasteiger partial charge in [-0.15, -0.1) is 0 Å². The molecule has 1 heterocycles. The van der Waals surface area contributed by atoms with E-state index in [2.05, 4.69) is 43.0 Å². The fraction of sp³-hybridized carbons (Fsp3) is 0.692.